The molecule has 2 aromatic rings. The summed E-state index contributed by atoms with van der Waals surface area (Å²) in [5.41, 5.74) is 2.54. The summed E-state index contributed by atoms with van der Waals surface area (Å²) in [7, 11) is 0. The molecule has 1 amide bonds. The fraction of sp³-hybridized carbons (Fsp3) is 0.188. The molecule has 110 valence electrons. The largest absolute Gasteiger partial charge is 0.322 e. The number of carbonyl (C=O) groups is 1. The van der Waals surface area contributed by atoms with Crippen LogP contribution in [0, 0.1) is 0 Å². The molecule has 0 aromatic heterocycles. The van der Waals surface area contributed by atoms with Crippen LogP contribution in [0.2, 0.25) is 5.02 Å². The van der Waals surface area contributed by atoms with E-state index in [1.165, 1.54) is 5.56 Å². The van der Waals surface area contributed by atoms with Crippen LogP contribution >= 0.6 is 43.5 Å². The average Bonchev–Trinajstić information content (AvgIpc) is 2.48. The second-order valence-corrected chi connectivity index (χ2v) is 6.63. The van der Waals surface area contributed by atoms with Crippen LogP contribution in [-0.2, 0) is 6.42 Å². The van der Waals surface area contributed by atoms with Gasteiger partial charge in [-0.2, -0.15) is 0 Å². The lowest BCUT2D eigenvalue weighted by molar-refractivity contribution is 0.102. The molecule has 0 aliphatic carbocycles. The highest BCUT2D eigenvalue weighted by molar-refractivity contribution is 9.10. The van der Waals surface area contributed by atoms with E-state index >= 15 is 0 Å². The minimum absolute atomic E-state index is 0.165. The molecule has 0 aliphatic rings. The number of hydrogen-bond donors (Lipinski definition) is 1. The number of benzene rings is 2. The summed E-state index contributed by atoms with van der Waals surface area (Å²) < 4.78 is 0.775. The highest BCUT2D eigenvalue weighted by atomic mass is 79.9. The molecule has 0 saturated heterocycles. The number of anilines is 1. The predicted molar refractivity (Wildman–Crippen MR) is 95.7 cm³/mol. The van der Waals surface area contributed by atoms with Gasteiger partial charge in [-0.25, -0.2) is 0 Å². The molecule has 0 spiro atoms. The van der Waals surface area contributed by atoms with Gasteiger partial charge in [0.15, 0.2) is 0 Å². The first-order valence-corrected chi connectivity index (χ1v) is 8.80. The second-order valence-electron chi connectivity index (χ2n) is 4.58. The van der Waals surface area contributed by atoms with Crippen LogP contribution in [0.4, 0.5) is 5.69 Å². The molecule has 0 aliphatic heterocycles. The molecule has 0 radical (unpaired) electrons. The van der Waals surface area contributed by atoms with Crippen molar-refractivity contribution in [3.05, 3.63) is 63.1 Å². The SMILES string of the molecule is O=C(Nc1cccc(CCCBr)c1)c1ccc(Br)c(Cl)c1. The Bertz CT molecular complexity index is 646. The molecule has 1 N–H and O–H groups in total. The predicted octanol–water partition coefficient (Wildman–Crippen LogP) is 5.68. The maximum absolute atomic E-state index is 12.2. The Labute approximate surface area is 146 Å². The fourth-order valence-electron chi connectivity index (χ4n) is 1.92. The Morgan fingerprint density at radius 1 is 1.19 bits per heavy atom. The van der Waals surface area contributed by atoms with Crippen molar-refractivity contribution < 1.29 is 4.79 Å². The van der Waals surface area contributed by atoms with Crippen molar-refractivity contribution in [2.24, 2.45) is 0 Å². The van der Waals surface area contributed by atoms with Crippen LogP contribution in [-0.4, -0.2) is 11.2 Å². The highest BCUT2D eigenvalue weighted by Crippen LogP contribution is 2.23. The van der Waals surface area contributed by atoms with E-state index in [-0.39, 0.29) is 5.91 Å². The minimum atomic E-state index is -0.165. The van der Waals surface area contributed by atoms with Crippen LogP contribution < -0.4 is 5.32 Å². The first-order chi connectivity index (χ1) is 10.1. The summed E-state index contributed by atoms with van der Waals surface area (Å²) >= 11 is 12.7. The monoisotopic (exact) mass is 429 g/mol. The number of nitrogens with one attached hydrogen (secondary N) is 1. The number of amides is 1. The van der Waals surface area contributed by atoms with E-state index in [1.54, 1.807) is 18.2 Å². The Kier molecular flexibility index (Phi) is 6.27. The van der Waals surface area contributed by atoms with E-state index < -0.39 is 0 Å². The van der Waals surface area contributed by atoms with Gasteiger partial charge in [-0.1, -0.05) is 39.7 Å². The third kappa shape index (κ3) is 4.83. The molecule has 21 heavy (non-hydrogen) atoms. The lowest BCUT2D eigenvalue weighted by atomic mass is 10.1. The summed E-state index contributed by atoms with van der Waals surface area (Å²) in [5.74, 6) is -0.165. The lowest BCUT2D eigenvalue weighted by Crippen LogP contribution is -2.12. The first-order valence-electron chi connectivity index (χ1n) is 6.51. The highest BCUT2D eigenvalue weighted by Gasteiger charge is 2.08. The van der Waals surface area contributed by atoms with Crippen LogP contribution in [0.25, 0.3) is 0 Å². The van der Waals surface area contributed by atoms with Gasteiger partial charge >= 0.3 is 0 Å². The van der Waals surface area contributed by atoms with Crippen LogP contribution in [0.1, 0.15) is 22.3 Å². The van der Waals surface area contributed by atoms with E-state index in [4.69, 9.17) is 11.6 Å². The maximum Gasteiger partial charge on any atom is 0.255 e. The van der Waals surface area contributed by atoms with Gasteiger partial charge in [-0.15, -0.1) is 0 Å². The summed E-state index contributed by atoms with van der Waals surface area (Å²) in [6, 6.07) is 13.1. The van der Waals surface area contributed by atoms with E-state index in [1.807, 2.05) is 18.2 Å². The number of aryl methyl sites for hydroxylation is 1. The topological polar surface area (TPSA) is 29.1 Å². The third-order valence-electron chi connectivity index (χ3n) is 2.97. The molecular formula is C16H14Br2ClNO. The maximum atomic E-state index is 12.2. The van der Waals surface area contributed by atoms with Crippen molar-refractivity contribution in [1.82, 2.24) is 0 Å². The number of halogens is 3. The smallest absolute Gasteiger partial charge is 0.255 e. The molecule has 2 aromatic carbocycles. The molecule has 0 saturated carbocycles. The fourth-order valence-corrected chi connectivity index (χ4v) is 2.62. The molecule has 0 unspecified atom stereocenters. The zero-order chi connectivity index (χ0) is 15.2. The number of hydrogen-bond acceptors (Lipinski definition) is 1. The average molecular weight is 432 g/mol. The van der Waals surface area contributed by atoms with Gasteiger partial charge in [-0.05, 0) is 64.7 Å². The van der Waals surface area contributed by atoms with Gasteiger partial charge in [-0.3, -0.25) is 4.79 Å². The first kappa shape index (κ1) is 16.5. The quantitative estimate of drug-likeness (QED) is 0.606. The Balaban J connectivity index is 2.10. The molecule has 0 heterocycles. The van der Waals surface area contributed by atoms with Gasteiger partial charge in [0, 0.05) is 21.1 Å². The van der Waals surface area contributed by atoms with Crippen LogP contribution in [0.15, 0.2) is 46.9 Å². The van der Waals surface area contributed by atoms with Gasteiger partial charge in [0.2, 0.25) is 0 Å². The Hall–Kier alpha value is -0.840. The minimum Gasteiger partial charge on any atom is -0.322 e. The van der Waals surface area contributed by atoms with E-state index in [9.17, 15) is 4.79 Å². The van der Waals surface area contributed by atoms with Gasteiger partial charge < -0.3 is 5.32 Å². The normalized spacial score (nSPS) is 10.4. The third-order valence-corrected chi connectivity index (χ3v) is 4.76. The molecule has 0 atom stereocenters. The van der Waals surface area contributed by atoms with Crippen molar-refractivity contribution in [3.63, 3.8) is 0 Å². The molecule has 2 nitrogen and oxygen atoms in total. The number of rotatable bonds is 5. The molecular weight excluding hydrogens is 417 g/mol. The van der Waals surface area contributed by atoms with E-state index in [0.29, 0.717) is 10.6 Å². The molecule has 2 rings (SSSR count). The molecule has 0 bridgehead atoms. The second kappa shape index (κ2) is 7.97. The Morgan fingerprint density at radius 3 is 2.71 bits per heavy atom. The summed E-state index contributed by atoms with van der Waals surface area (Å²) in [6.45, 7) is 0. The van der Waals surface area contributed by atoms with Crippen molar-refractivity contribution in [1.29, 1.82) is 0 Å². The van der Waals surface area contributed by atoms with E-state index in [2.05, 4.69) is 43.2 Å². The molecule has 0 fully saturated rings. The number of alkyl halides is 1. The van der Waals surface area contributed by atoms with Crippen molar-refractivity contribution in [2.45, 2.75) is 12.8 Å². The van der Waals surface area contributed by atoms with Crippen molar-refractivity contribution >= 4 is 55.1 Å². The lowest BCUT2D eigenvalue weighted by Gasteiger charge is -2.08. The standard InChI is InChI=1S/C16H14Br2ClNO/c17-8-2-4-11-3-1-5-13(9-11)20-16(21)12-6-7-14(18)15(19)10-12/h1,3,5-7,9-10H,2,4,8H2,(H,20,21). The summed E-state index contributed by atoms with van der Waals surface area (Å²) in [6.07, 6.45) is 2.05. The zero-order valence-electron chi connectivity index (χ0n) is 11.2. The number of carbonyl (C=O) groups excluding carboxylic acids is 1. The molecule has 5 heteroatoms. The van der Waals surface area contributed by atoms with Gasteiger partial charge in [0.1, 0.15) is 0 Å². The van der Waals surface area contributed by atoms with Crippen LogP contribution in [0.3, 0.4) is 0 Å². The van der Waals surface area contributed by atoms with Crippen molar-refractivity contribution in [2.75, 3.05) is 10.6 Å². The van der Waals surface area contributed by atoms with Gasteiger partial charge in [0.05, 0.1) is 5.02 Å². The van der Waals surface area contributed by atoms with Gasteiger partial charge in [0.25, 0.3) is 5.91 Å². The van der Waals surface area contributed by atoms with E-state index in [0.717, 1.165) is 28.3 Å². The summed E-state index contributed by atoms with van der Waals surface area (Å²) in [4.78, 5) is 12.2. The van der Waals surface area contributed by atoms with Crippen LogP contribution in [0.5, 0.6) is 0 Å². The summed E-state index contributed by atoms with van der Waals surface area (Å²) in [5, 5.41) is 4.39. The van der Waals surface area contributed by atoms with Crippen molar-refractivity contribution in [3.8, 4) is 0 Å². The Morgan fingerprint density at radius 2 is 2.00 bits per heavy atom. The zero-order valence-corrected chi connectivity index (χ0v) is 15.1.